The average Bonchev–Trinajstić information content (AvgIpc) is 2.42. The monoisotopic (exact) mass is 291 g/mol. The number of hydrogen-bond donors (Lipinski definition) is 4. The van der Waals surface area contributed by atoms with Crippen molar-refractivity contribution in [3.8, 4) is 0 Å². The second kappa shape index (κ2) is 6.36. The topological polar surface area (TPSA) is 108 Å². The summed E-state index contributed by atoms with van der Waals surface area (Å²) in [6, 6.07) is 5.49. The first-order valence-electron chi connectivity index (χ1n) is 6.65. The van der Waals surface area contributed by atoms with Crippen molar-refractivity contribution in [2.24, 2.45) is 0 Å². The molecule has 0 radical (unpaired) electrons. The summed E-state index contributed by atoms with van der Waals surface area (Å²) in [4.78, 5) is 34.3. The summed E-state index contributed by atoms with van der Waals surface area (Å²) in [7, 11) is 0. The third kappa shape index (κ3) is 4.03. The van der Waals surface area contributed by atoms with Crippen LogP contribution in [0.2, 0.25) is 0 Å². The van der Waals surface area contributed by atoms with E-state index in [0.717, 1.165) is 5.56 Å². The Morgan fingerprint density at radius 2 is 2.00 bits per heavy atom. The molecule has 7 heteroatoms. The van der Waals surface area contributed by atoms with E-state index in [-0.39, 0.29) is 12.3 Å². The summed E-state index contributed by atoms with van der Waals surface area (Å²) in [5.74, 6) is -0.821. The van der Waals surface area contributed by atoms with Gasteiger partial charge >= 0.3 is 6.03 Å². The zero-order chi connectivity index (χ0) is 15.4. The number of anilines is 1. The van der Waals surface area contributed by atoms with Gasteiger partial charge in [0.15, 0.2) is 0 Å². The number of urea groups is 1. The standard InChI is InChI=1S/C14H17N3O4/c1-8(18)9-2-4-10(5-3-9)15-14(21)16-11-6-7-12(19)17-13(11)20/h2-5,8,11,18H,6-7H2,1H3,(H2,15,16,21)(H,17,19,20). The molecule has 1 aliphatic heterocycles. The number of rotatable bonds is 3. The Hall–Kier alpha value is -2.41. The number of carbonyl (C=O) groups excluding carboxylic acids is 3. The lowest BCUT2D eigenvalue weighted by Crippen LogP contribution is -2.53. The highest BCUT2D eigenvalue weighted by atomic mass is 16.3. The van der Waals surface area contributed by atoms with E-state index in [1.54, 1.807) is 31.2 Å². The van der Waals surface area contributed by atoms with Crippen molar-refractivity contribution < 1.29 is 19.5 Å². The molecule has 4 N–H and O–H groups in total. The lowest BCUT2D eigenvalue weighted by molar-refractivity contribution is -0.134. The quantitative estimate of drug-likeness (QED) is 0.614. The molecule has 0 saturated carbocycles. The molecule has 1 aromatic carbocycles. The molecule has 0 aliphatic carbocycles. The molecule has 0 bridgehead atoms. The highest BCUT2D eigenvalue weighted by Gasteiger charge is 2.27. The minimum absolute atomic E-state index is 0.208. The molecule has 1 aliphatic rings. The first-order chi connectivity index (χ1) is 9.95. The molecule has 1 saturated heterocycles. The number of nitrogens with one attached hydrogen (secondary N) is 3. The predicted octanol–water partition coefficient (Wildman–Crippen LogP) is 0.667. The van der Waals surface area contributed by atoms with Crippen LogP contribution in [-0.4, -0.2) is 29.0 Å². The third-order valence-electron chi connectivity index (χ3n) is 3.20. The summed E-state index contributed by atoms with van der Waals surface area (Å²) in [5.41, 5.74) is 1.29. The van der Waals surface area contributed by atoms with Gasteiger partial charge in [0.1, 0.15) is 6.04 Å². The number of carbonyl (C=O) groups is 3. The van der Waals surface area contributed by atoms with Gasteiger partial charge < -0.3 is 15.7 Å². The molecule has 2 unspecified atom stereocenters. The zero-order valence-corrected chi connectivity index (χ0v) is 11.6. The van der Waals surface area contributed by atoms with E-state index >= 15 is 0 Å². The highest BCUT2D eigenvalue weighted by molar-refractivity contribution is 6.02. The SMILES string of the molecule is CC(O)c1ccc(NC(=O)NC2CCC(=O)NC2=O)cc1. The second-order valence-electron chi connectivity index (χ2n) is 4.90. The number of imide groups is 1. The van der Waals surface area contributed by atoms with Crippen molar-refractivity contribution in [1.29, 1.82) is 0 Å². The van der Waals surface area contributed by atoms with Crippen LogP contribution in [0.1, 0.15) is 31.4 Å². The van der Waals surface area contributed by atoms with Crippen molar-refractivity contribution >= 4 is 23.5 Å². The lowest BCUT2D eigenvalue weighted by atomic mass is 10.1. The summed E-state index contributed by atoms with van der Waals surface area (Å²) in [6.07, 6.45) is -0.0740. The molecule has 7 nitrogen and oxygen atoms in total. The molecule has 1 heterocycles. The number of piperidine rings is 1. The zero-order valence-electron chi connectivity index (χ0n) is 11.6. The molecule has 4 amide bonds. The Kier molecular flexibility index (Phi) is 4.54. The molecule has 2 rings (SSSR count). The van der Waals surface area contributed by atoms with Gasteiger partial charge in [-0.3, -0.25) is 14.9 Å². The Morgan fingerprint density at radius 1 is 1.33 bits per heavy atom. The van der Waals surface area contributed by atoms with Gasteiger partial charge in [-0.25, -0.2) is 4.79 Å². The van der Waals surface area contributed by atoms with E-state index in [1.165, 1.54) is 0 Å². The van der Waals surface area contributed by atoms with E-state index in [1.807, 2.05) is 0 Å². The molecule has 21 heavy (non-hydrogen) atoms. The molecule has 2 atom stereocenters. The van der Waals surface area contributed by atoms with Crippen LogP contribution in [0, 0.1) is 0 Å². The Bertz CT molecular complexity index is 554. The van der Waals surface area contributed by atoms with Crippen molar-refractivity contribution in [2.45, 2.75) is 31.9 Å². The molecular weight excluding hydrogens is 274 g/mol. The minimum Gasteiger partial charge on any atom is -0.389 e. The smallest absolute Gasteiger partial charge is 0.319 e. The molecule has 1 aromatic rings. The Morgan fingerprint density at radius 3 is 2.57 bits per heavy atom. The van der Waals surface area contributed by atoms with Crippen LogP contribution < -0.4 is 16.0 Å². The van der Waals surface area contributed by atoms with Gasteiger partial charge in [-0.1, -0.05) is 12.1 Å². The maximum absolute atomic E-state index is 11.8. The number of amides is 4. The fraction of sp³-hybridized carbons (Fsp3) is 0.357. The maximum atomic E-state index is 11.8. The summed E-state index contributed by atoms with van der Waals surface area (Å²) >= 11 is 0. The van der Waals surface area contributed by atoms with Crippen molar-refractivity contribution in [1.82, 2.24) is 10.6 Å². The molecule has 1 fully saturated rings. The van der Waals surface area contributed by atoms with E-state index in [9.17, 15) is 19.5 Å². The van der Waals surface area contributed by atoms with Crippen LogP contribution in [0.25, 0.3) is 0 Å². The molecule has 0 spiro atoms. The number of aliphatic hydroxyl groups is 1. The fourth-order valence-corrected chi connectivity index (χ4v) is 2.00. The first-order valence-corrected chi connectivity index (χ1v) is 6.65. The summed E-state index contributed by atoms with van der Waals surface area (Å²) in [6.45, 7) is 1.65. The number of hydrogen-bond acceptors (Lipinski definition) is 4. The van der Waals surface area contributed by atoms with Crippen molar-refractivity contribution in [3.05, 3.63) is 29.8 Å². The Labute approximate surface area is 121 Å². The van der Waals surface area contributed by atoms with E-state index in [4.69, 9.17) is 0 Å². The van der Waals surface area contributed by atoms with Gasteiger partial charge in [-0.05, 0) is 31.0 Å². The molecule has 0 aromatic heterocycles. The van der Waals surface area contributed by atoms with Crippen molar-refractivity contribution in [2.75, 3.05) is 5.32 Å². The van der Waals surface area contributed by atoms with Gasteiger partial charge in [0, 0.05) is 12.1 Å². The van der Waals surface area contributed by atoms with Gasteiger partial charge in [-0.15, -0.1) is 0 Å². The van der Waals surface area contributed by atoms with Crippen LogP contribution >= 0.6 is 0 Å². The second-order valence-corrected chi connectivity index (χ2v) is 4.90. The van der Waals surface area contributed by atoms with Crippen LogP contribution in [0.5, 0.6) is 0 Å². The first kappa shape index (κ1) is 15.0. The molecule has 112 valence electrons. The largest absolute Gasteiger partial charge is 0.389 e. The molecular formula is C14H17N3O4. The summed E-state index contributed by atoms with van der Waals surface area (Å²) in [5, 5.41) is 16.7. The van der Waals surface area contributed by atoms with Crippen molar-refractivity contribution in [3.63, 3.8) is 0 Å². The van der Waals surface area contributed by atoms with Crippen LogP contribution in [0.4, 0.5) is 10.5 Å². The normalized spacial score (nSPS) is 19.6. The van der Waals surface area contributed by atoms with Gasteiger partial charge in [0.25, 0.3) is 0 Å². The highest BCUT2D eigenvalue weighted by Crippen LogP contribution is 2.15. The van der Waals surface area contributed by atoms with Gasteiger partial charge in [-0.2, -0.15) is 0 Å². The lowest BCUT2D eigenvalue weighted by Gasteiger charge is -2.21. The number of benzene rings is 1. The van der Waals surface area contributed by atoms with Gasteiger partial charge in [0.2, 0.25) is 11.8 Å². The maximum Gasteiger partial charge on any atom is 0.319 e. The third-order valence-corrected chi connectivity index (χ3v) is 3.20. The van der Waals surface area contributed by atoms with E-state index in [2.05, 4.69) is 16.0 Å². The van der Waals surface area contributed by atoms with Crippen LogP contribution in [0.15, 0.2) is 24.3 Å². The fourth-order valence-electron chi connectivity index (χ4n) is 2.00. The van der Waals surface area contributed by atoms with Gasteiger partial charge in [0.05, 0.1) is 6.10 Å². The minimum atomic E-state index is -0.709. The van der Waals surface area contributed by atoms with Crippen LogP contribution in [0.3, 0.4) is 0 Å². The predicted molar refractivity (Wildman–Crippen MR) is 75.4 cm³/mol. The number of aliphatic hydroxyl groups excluding tert-OH is 1. The summed E-state index contributed by atoms with van der Waals surface area (Å²) < 4.78 is 0. The Balaban J connectivity index is 1.89. The average molecular weight is 291 g/mol. The van der Waals surface area contributed by atoms with E-state index < -0.39 is 24.1 Å². The van der Waals surface area contributed by atoms with E-state index in [0.29, 0.717) is 12.1 Å². The van der Waals surface area contributed by atoms with Crippen LogP contribution in [-0.2, 0) is 9.59 Å².